The highest BCUT2D eigenvalue weighted by Crippen LogP contribution is 2.32. The van der Waals surface area contributed by atoms with E-state index in [2.05, 4.69) is 15.3 Å². The summed E-state index contributed by atoms with van der Waals surface area (Å²) in [6.07, 6.45) is 5.56. The van der Waals surface area contributed by atoms with Crippen molar-refractivity contribution < 1.29 is 14.7 Å². The second kappa shape index (κ2) is 5.12. The van der Waals surface area contributed by atoms with E-state index >= 15 is 0 Å². The summed E-state index contributed by atoms with van der Waals surface area (Å²) in [5.41, 5.74) is -0.225. The van der Waals surface area contributed by atoms with Gasteiger partial charge in [-0.25, -0.2) is 14.8 Å². The van der Waals surface area contributed by atoms with E-state index in [4.69, 9.17) is 5.11 Å². The second-order valence-electron chi connectivity index (χ2n) is 4.56. The van der Waals surface area contributed by atoms with Crippen molar-refractivity contribution in [3.63, 3.8) is 0 Å². The molecule has 2 N–H and O–H groups in total. The largest absolute Gasteiger partial charge is 0.476 e. The van der Waals surface area contributed by atoms with Crippen LogP contribution in [-0.4, -0.2) is 27.0 Å². The van der Waals surface area contributed by atoms with E-state index in [0.717, 1.165) is 19.3 Å². The molecule has 1 aromatic heterocycles. The highest BCUT2D eigenvalue weighted by atomic mass is 16.4. The number of aromatic carboxylic acids is 1. The predicted molar refractivity (Wildman–Crippen MR) is 64.1 cm³/mol. The minimum atomic E-state index is -1.20. The Morgan fingerprint density at radius 3 is 2.67 bits per heavy atom. The summed E-state index contributed by atoms with van der Waals surface area (Å²) in [6.45, 7) is 2.03. The highest BCUT2D eigenvalue weighted by molar-refractivity contribution is 5.98. The molecule has 6 nitrogen and oxygen atoms in total. The van der Waals surface area contributed by atoms with Crippen molar-refractivity contribution in [1.29, 1.82) is 0 Å². The van der Waals surface area contributed by atoms with Gasteiger partial charge in [0, 0.05) is 18.3 Å². The van der Waals surface area contributed by atoms with E-state index in [1.165, 1.54) is 12.4 Å². The van der Waals surface area contributed by atoms with Crippen molar-refractivity contribution in [2.24, 2.45) is 11.8 Å². The van der Waals surface area contributed by atoms with Gasteiger partial charge in [-0.15, -0.1) is 0 Å². The molecule has 1 aliphatic carbocycles. The van der Waals surface area contributed by atoms with E-state index in [1.54, 1.807) is 0 Å². The van der Waals surface area contributed by atoms with Gasteiger partial charge in [0.2, 0.25) is 5.91 Å². The lowest BCUT2D eigenvalue weighted by Crippen LogP contribution is -2.26. The summed E-state index contributed by atoms with van der Waals surface area (Å²) >= 11 is 0. The first-order valence-corrected chi connectivity index (χ1v) is 5.94. The lowest BCUT2D eigenvalue weighted by Gasteiger charge is -2.15. The maximum absolute atomic E-state index is 12.0. The summed E-state index contributed by atoms with van der Waals surface area (Å²) in [7, 11) is 0. The first kappa shape index (κ1) is 12.5. The molecular weight excluding hydrogens is 234 g/mol. The molecule has 1 saturated carbocycles. The van der Waals surface area contributed by atoms with Crippen LogP contribution in [0.1, 0.15) is 36.7 Å². The number of carboxylic acid groups (broad SMARTS) is 1. The van der Waals surface area contributed by atoms with Crippen LogP contribution in [0.4, 0.5) is 5.82 Å². The topological polar surface area (TPSA) is 92.2 Å². The Morgan fingerprint density at radius 2 is 2.06 bits per heavy atom. The first-order chi connectivity index (χ1) is 8.59. The van der Waals surface area contributed by atoms with Crippen LogP contribution < -0.4 is 5.32 Å². The van der Waals surface area contributed by atoms with Crippen molar-refractivity contribution in [2.75, 3.05) is 5.32 Å². The van der Waals surface area contributed by atoms with E-state index in [9.17, 15) is 9.59 Å². The van der Waals surface area contributed by atoms with Gasteiger partial charge in [0.1, 0.15) is 0 Å². The first-order valence-electron chi connectivity index (χ1n) is 5.94. The Labute approximate surface area is 104 Å². The molecule has 96 valence electrons. The summed E-state index contributed by atoms with van der Waals surface area (Å²) in [6, 6.07) is 0. The number of nitrogens with zero attached hydrogens (tertiary/aromatic N) is 2. The second-order valence-corrected chi connectivity index (χ2v) is 4.56. The van der Waals surface area contributed by atoms with Crippen LogP contribution in [0.2, 0.25) is 0 Å². The molecule has 0 radical (unpaired) electrons. The van der Waals surface area contributed by atoms with Crippen molar-refractivity contribution in [2.45, 2.75) is 26.2 Å². The zero-order valence-corrected chi connectivity index (χ0v) is 10.1. The van der Waals surface area contributed by atoms with Gasteiger partial charge in [0.25, 0.3) is 0 Å². The van der Waals surface area contributed by atoms with Gasteiger partial charge in [0.15, 0.2) is 11.5 Å². The van der Waals surface area contributed by atoms with Crippen LogP contribution in [-0.2, 0) is 4.79 Å². The monoisotopic (exact) mass is 249 g/mol. The zero-order valence-electron chi connectivity index (χ0n) is 10.1. The summed E-state index contributed by atoms with van der Waals surface area (Å²) < 4.78 is 0. The maximum atomic E-state index is 12.0. The Morgan fingerprint density at radius 1 is 1.33 bits per heavy atom. The number of aromatic nitrogens is 2. The number of nitrogens with one attached hydrogen (secondary N) is 1. The van der Waals surface area contributed by atoms with Crippen LogP contribution in [0.5, 0.6) is 0 Å². The van der Waals surface area contributed by atoms with Crippen LogP contribution in [0.15, 0.2) is 12.4 Å². The van der Waals surface area contributed by atoms with Gasteiger partial charge in [-0.1, -0.05) is 13.3 Å². The van der Waals surface area contributed by atoms with Crippen LogP contribution in [0.25, 0.3) is 0 Å². The summed E-state index contributed by atoms with van der Waals surface area (Å²) in [5.74, 6) is -1.07. The van der Waals surface area contributed by atoms with Crippen molar-refractivity contribution in [3.05, 3.63) is 18.1 Å². The molecule has 2 rings (SSSR count). The molecule has 1 aromatic rings. The van der Waals surface area contributed by atoms with Gasteiger partial charge >= 0.3 is 5.97 Å². The van der Waals surface area contributed by atoms with Crippen LogP contribution in [0, 0.1) is 11.8 Å². The number of hydrogen-bond acceptors (Lipinski definition) is 4. The van der Waals surface area contributed by atoms with Gasteiger partial charge in [-0.05, 0) is 18.8 Å². The normalized spacial score (nSPS) is 22.7. The lowest BCUT2D eigenvalue weighted by atomic mass is 9.97. The summed E-state index contributed by atoms with van der Waals surface area (Å²) in [5, 5.41) is 11.5. The average Bonchev–Trinajstić information content (AvgIpc) is 2.76. The molecule has 2 unspecified atom stereocenters. The molecule has 1 amide bonds. The Kier molecular flexibility index (Phi) is 3.55. The smallest absolute Gasteiger partial charge is 0.358 e. The number of carbonyl (C=O) groups is 2. The molecule has 0 spiro atoms. The molecular formula is C12H15N3O3. The number of carboxylic acids is 1. The molecule has 1 heterocycles. The van der Waals surface area contributed by atoms with Crippen molar-refractivity contribution >= 4 is 17.7 Å². The zero-order chi connectivity index (χ0) is 13.1. The molecule has 1 aliphatic rings. The highest BCUT2D eigenvalue weighted by Gasteiger charge is 2.30. The van der Waals surface area contributed by atoms with Gasteiger partial charge in [-0.2, -0.15) is 0 Å². The number of amides is 1. The molecule has 0 bridgehead atoms. The maximum Gasteiger partial charge on any atom is 0.358 e. The standard InChI is InChI=1S/C12H15N3O3/c1-7-3-2-4-8(7)11(16)15-10-9(12(17)18)13-5-6-14-10/h5-8H,2-4H2,1H3,(H,17,18)(H,14,15,16). The van der Waals surface area contributed by atoms with Crippen molar-refractivity contribution in [1.82, 2.24) is 9.97 Å². The number of hydrogen-bond donors (Lipinski definition) is 2. The summed E-state index contributed by atoms with van der Waals surface area (Å²) in [4.78, 5) is 30.5. The average molecular weight is 249 g/mol. The number of anilines is 1. The molecule has 6 heteroatoms. The van der Waals surface area contributed by atoms with Gasteiger partial charge in [0.05, 0.1) is 0 Å². The van der Waals surface area contributed by atoms with E-state index < -0.39 is 5.97 Å². The molecule has 2 atom stereocenters. The fourth-order valence-electron chi connectivity index (χ4n) is 2.33. The third-order valence-corrected chi connectivity index (χ3v) is 3.34. The minimum Gasteiger partial charge on any atom is -0.476 e. The lowest BCUT2D eigenvalue weighted by molar-refractivity contribution is -0.120. The fourth-order valence-corrected chi connectivity index (χ4v) is 2.33. The SMILES string of the molecule is CC1CCCC1C(=O)Nc1nccnc1C(=O)O. The van der Waals surface area contributed by atoms with Crippen molar-refractivity contribution in [3.8, 4) is 0 Å². The number of rotatable bonds is 3. The van der Waals surface area contributed by atoms with E-state index in [0.29, 0.717) is 5.92 Å². The fraction of sp³-hybridized carbons (Fsp3) is 0.500. The van der Waals surface area contributed by atoms with Gasteiger partial charge in [-0.3, -0.25) is 4.79 Å². The van der Waals surface area contributed by atoms with Gasteiger partial charge < -0.3 is 10.4 Å². The quantitative estimate of drug-likeness (QED) is 0.847. The molecule has 0 aliphatic heterocycles. The molecule has 0 aromatic carbocycles. The Balaban J connectivity index is 2.14. The van der Waals surface area contributed by atoms with Crippen LogP contribution >= 0.6 is 0 Å². The molecule has 18 heavy (non-hydrogen) atoms. The Hall–Kier alpha value is -1.98. The Bertz CT molecular complexity index is 475. The third kappa shape index (κ3) is 2.47. The molecule has 0 saturated heterocycles. The van der Waals surface area contributed by atoms with E-state index in [1.807, 2.05) is 6.92 Å². The number of carbonyl (C=O) groups excluding carboxylic acids is 1. The predicted octanol–water partition coefficient (Wildman–Crippen LogP) is 1.55. The van der Waals surface area contributed by atoms with E-state index in [-0.39, 0.29) is 23.3 Å². The third-order valence-electron chi connectivity index (χ3n) is 3.34. The minimum absolute atomic E-state index is 0.0223. The molecule has 1 fully saturated rings. The van der Waals surface area contributed by atoms with Crippen LogP contribution in [0.3, 0.4) is 0 Å².